The largest absolute Gasteiger partial charge is 0.508 e. The fourth-order valence-electron chi connectivity index (χ4n) is 3.20. The summed E-state index contributed by atoms with van der Waals surface area (Å²) in [7, 11) is -5.11. The van der Waals surface area contributed by atoms with Crippen LogP contribution in [0.15, 0.2) is 54.6 Å². The number of halogens is 4. The summed E-state index contributed by atoms with van der Waals surface area (Å²) >= 11 is 24.4. The molecule has 1 atom stereocenters. The van der Waals surface area contributed by atoms with Gasteiger partial charge in [0.25, 0.3) is 10.1 Å². The molecule has 0 amide bonds. The molecule has 0 saturated heterocycles. The standard InChI is InChI=1S/C19H12Cl4O5S/c20-11-6-13(18(23)15(22)7-11)19(29(26,27)28,10-4-2-1-3-5-10)12-8-17(25)14(21)9-16(12)24/h1-9,24-25H,(H,26,27,28). The molecule has 10 heteroatoms. The van der Waals surface area contributed by atoms with Crippen LogP contribution in [0.5, 0.6) is 11.5 Å². The van der Waals surface area contributed by atoms with E-state index in [1.807, 2.05) is 0 Å². The monoisotopic (exact) mass is 492 g/mol. The van der Waals surface area contributed by atoms with Crippen molar-refractivity contribution in [1.82, 2.24) is 0 Å². The zero-order valence-corrected chi connectivity index (χ0v) is 18.1. The molecular weight excluding hydrogens is 482 g/mol. The highest BCUT2D eigenvalue weighted by molar-refractivity contribution is 7.87. The molecule has 29 heavy (non-hydrogen) atoms. The van der Waals surface area contributed by atoms with E-state index in [0.717, 1.165) is 12.1 Å². The first kappa shape index (κ1) is 22.0. The fourth-order valence-corrected chi connectivity index (χ4v) is 5.47. The third kappa shape index (κ3) is 3.65. The lowest BCUT2D eigenvalue weighted by Crippen LogP contribution is -2.38. The highest BCUT2D eigenvalue weighted by atomic mass is 35.5. The van der Waals surface area contributed by atoms with Gasteiger partial charge in [-0.25, -0.2) is 0 Å². The molecule has 0 radical (unpaired) electrons. The minimum Gasteiger partial charge on any atom is -0.508 e. The molecule has 0 aliphatic rings. The Hall–Kier alpha value is -1.67. The van der Waals surface area contributed by atoms with Gasteiger partial charge in [-0.15, -0.1) is 0 Å². The predicted molar refractivity (Wildman–Crippen MR) is 114 cm³/mol. The Morgan fingerprint density at radius 2 is 1.38 bits per heavy atom. The summed E-state index contributed by atoms with van der Waals surface area (Å²) in [5.41, 5.74) is -0.601. The van der Waals surface area contributed by atoms with Gasteiger partial charge in [-0.3, -0.25) is 4.55 Å². The lowest BCUT2D eigenvalue weighted by atomic mass is 9.83. The Kier molecular flexibility index (Phi) is 5.98. The Morgan fingerprint density at radius 3 is 1.97 bits per heavy atom. The van der Waals surface area contributed by atoms with Crippen molar-refractivity contribution in [2.24, 2.45) is 0 Å². The van der Waals surface area contributed by atoms with Crippen molar-refractivity contribution in [2.75, 3.05) is 0 Å². The van der Waals surface area contributed by atoms with Crippen molar-refractivity contribution in [3.8, 4) is 11.5 Å². The minimum absolute atomic E-state index is 0.0137. The van der Waals surface area contributed by atoms with Gasteiger partial charge in [0.15, 0.2) is 4.75 Å². The van der Waals surface area contributed by atoms with Crippen LogP contribution in [0.3, 0.4) is 0 Å². The SMILES string of the molecule is O=S(=O)(O)C(c1ccccc1)(c1cc(O)c(Cl)cc1O)c1cc(Cl)cc(Cl)c1Cl. The van der Waals surface area contributed by atoms with Crippen LogP contribution in [0.4, 0.5) is 0 Å². The average molecular weight is 494 g/mol. The van der Waals surface area contributed by atoms with Crippen LogP contribution >= 0.6 is 46.4 Å². The Bertz CT molecular complexity index is 1200. The van der Waals surface area contributed by atoms with Crippen LogP contribution in [0.1, 0.15) is 16.7 Å². The summed E-state index contributed by atoms with van der Waals surface area (Å²) in [4.78, 5) is 0. The maximum atomic E-state index is 13.0. The summed E-state index contributed by atoms with van der Waals surface area (Å²) in [6.07, 6.45) is 0. The third-order valence-corrected chi connectivity index (χ3v) is 7.16. The quantitative estimate of drug-likeness (QED) is 0.182. The molecule has 1 unspecified atom stereocenters. The Labute approximate surface area is 186 Å². The van der Waals surface area contributed by atoms with E-state index in [2.05, 4.69) is 0 Å². The molecule has 0 saturated carbocycles. The summed E-state index contributed by atoms with van der Waals surface area (Å²) in [6, 6.07) is 11.9. The van der Waals surface area contributed by atoms with Gasteiger partial charge >= 0.3 is 0 Å². The second-order valence-corrected chi connectivity index (χ2v) is 9.28. The van der Waals surface area contributed by atoms with Crippen LogP contribution in [0, 0.1) is 0 Å². The van der Waals surface area contributed by atoms with Gasteiger partial charge in [-0.1, -0.05) is 76.7 Å². The van der Waals surface area contributed by atoms with E-state index in [4.69, 9.17) is 46.4 Å². The molecule has 0 heterocycles. The average Bonchev–Trinajstić information content (AvgIpc) is 2.63. The smallest absolute Gasteiger partial charge is 0.283 e. The number of phenols is 2. The lowest BCUT2D eigenvalue weighted by Gasteiger charge is -2.34. The first-order valence-corrected chi connectivity index (χ1v) is 10.8. The number of aromatic hydroxyl groups is 2. The summed E-state index contributed by atoms with van der Waals surface area (Å²) in [5.74, 6) is -1.13. The summed E-state index contributed by atoms with van der Waals surface area (Å²) < 4.78 is 33.9. The normalized spacial score (nSPS) is 13.8. The first-order valence-electron chi connectivity index (χ1n) is 7.89. The van der Waals surface area contributed by atoms with E-state index < -0.39 is 31.9 Å². The molecular formula is C19H12Cl4O5S. The van der Waals surface area contributed by atoms with Crippen LogP contribution in [-0.4, -0.2) is 23.2 Å². The van der Waals surface area contributed by atoms with Gasteiger partial charge in [0.1, 0.15) is 11.5 Å². The van der Waals surface area contributed by atoms with E-state index in [-0.39, 0.29) is 31.2 Å². The van der Waals surface area contributed by atoms with Crippen molar-refractivity contribution in [2.45, 2.75) is 4.75 Å². The van der Waals surface area contributed by atoms with E-state index in [1.165, 1.54) is 36.4 Å². The highest BCUT2D eigenvalue weighted by Gasteiger charge is 2.52. The van der Waals surface area contributed by atoms with Gasteiger partial charge < -0.3 is 10.2 Å². The minimum atomic E-state index is -5.11. The van der Waals surface area contributed by atoms with Gasteiger partial charge in [0, 0.05) is 22.2 Å². The van der Waals surface area contributed by atoms with Crippen molar-refractivity contribution in [3.05, 3.63) is 91.4 Å². The van der Waals surface area contributed by atoms with E-state index in [9.17, 15) is 23.2 Å². The molecule has 152 valence electrons. The van der Waals surface area contributed by atoms with Crippen molar-refractivity contribution in [3.63, 3.8) is 0 Å². The number of hydrogen-bond donors (Lipinski definition) is 3. The number of benzene rings is 3. The van der Waals surface area contributed by atoms with Gasteiger partial charge in [0.2, 0.25) is 0 Å². The van der Waals surface area contributed by atoms with Crippen molar-refractivity contribution in [1.29, 1.82) is 0 Å². The number of rotatable bonds is 4. The summed E-state index contributed by atoms with van der Waals surface area (Å²) in [6.45, 7) is 0. The Balaban J connectivity index is 2.64. The van der Waals surface area contributed by atoms with Crippen molar-refractivity contribution >= 4 is 56.5 Å². The highest BCUT2D eigenvalue weighted by Crippen LogP contribution is 2.52. The topological polar surface area (TPSA) is 94.8 Å². The van der Waals surface area contributed by atoms with E-state index in [0.29, 0.717) is 0 Å². The van der Waals surface area contributed by atoms with Gasteiger partial charge in [-0.05, 0) is 23.8 Å². The molecule has 3 aromatic carbocycles. The second-order valence-electron chi connectivity index (χ2n) is 6.09. The van der Waals surface area contributed by atoms with E-state index in [1.54, 1.807) is 6.07 Å². The molecule has 0 aromatic heterocycles. The molecule has 0 bridgehead atoms. The molecule has 0 aliphatic heterocycles. The maximum Gasteiger partial charge on any atom is 0.283 e. The zero-order valence-electron chi connectivity index (χ0n) is 14.3. The van der Waals surface area contributed by atoms with E-state index >= 15 is 0 Å². The molecule has 0 aliphatic carbocycles. The van der Waals surface area contributed by atoms with Gasteiger partial charge in [0.05, 0.1) is 15.1 Å². The Morgan fingerprint density at radius 1 is 0.759 bits per heavy atom. The molecule has 5 nitrogen and oxygen atoms in total. The van der Waals surface area contributed by atoms with Crippen LogP contribution in [0.2, 0.25) is 20.1 Å². The van der Waals surface area contributed by atoms with Crippen LogP contribution in [-0.2, 0) is 14.9 Å². The van der Waals surface area contributed by atoms with Crippen molar-refractivity contribution < 1.29 is 23.2 Å². The maximum absolute atomic E-state index is 13.0. The summed E-state index contributed by atoms with van der Waals surface area (Å²) in [5, 5.41) is 20.2. The molecule has 3 aromatic rings. The molecule has 3 N–H and O–H groups in total. The third-order valence-electron chi connectivity index (χ3n) is 4.38. The van der Waals surface area contributed by atoms with Crippen LogP contribution < -0.4 is 0 Å². The fraction of sp³-hybridized carbons (Fsp3) is 0.0526. The number of phenolic OH excluding ortho intramolecular Hbond substituents is 2. The molecule has 0 fully saturated rings. The second kappa shape index (κ2) is 7.87. The lowest BCUT2D eigenvalue weighted by molar-refractivity contribution is 0.434. The number of hydrogen-bond acceptors (Lipinski definition) is 4. The molecule has 0 spiro atoms. The first-order chi connectivity index (χ1) is 13.5. The zero-order chi connectivity index (χ0) is 21.6. The molecule has 3 rings (SSSR count). The predicted octanol–water partition coefficient (Wildman–Crippen LogP) is 5.89. The van der Waals surface area contributed by atoms with Crippen LogP contribution in [0.25, 0.3) is 0 Å². The van der Waals surface area contributed by atoms with Gasteiger partial charge in [-0.2, -0.15) is 8.42 Å².